The maximum atomic E-state index is 14.3. The Kier molecular flexibility index (Phi) is 6.53. The predicted octanol–water partition coefficient (Wildman–Crippen LogP) is 3.73. The van der Waals surface area contributed by atoms with Gasteiger partial charge >= 0.3 is 6.18 Å². The number of likely N-dealkylation sites (tertiary alicyclic amines) is 1. The molecular formula is C25H24F4N6O3. The number of amides is 2. The zero-order valence-electron chi connectivity index (χ0n) is 20.3. The normalized spacial score (nSPS) is 18.3. The van der Waals surface area contributed by atoms with Crippen molar-refractivity contribution in [3.8, 4) is 17.1 Å². The number of nitrogens with one attached hydrogen (secondary N) is 2. The Morgan fingerprint density at radius 3 is 2.76 bits per heavy atom. The van der Waals surface area contributed by atoms with E-state index in [1.807, 2.05) is 0 Å². The highest BCUT2D eigenvalue weighted by molar-refractivity contribution is 5.94. The van der Waals surface area contributed by atoms with Crippen molar-refractivity contribution in [3.05, 3.63) is 59.4 Å². The van der Waals surface area contributed by atoms with Crippen molar-refractivity contribution in [3.63, 3.8) is 0 Å². The first-order valence-corrected chi connectivity index (χ1v) is 12.0. The summed E-state index contributed by atoms with van der Waals surface area (Å²) in [6, 6.07) is 4.97. The van der Waals surface area contributed by atoms with E-state index in [0.717, 1.165) is 12.3 Å². The minimum absolute atomic E-state index is 0.130. The Bertz CT molecular complexity index is 1370. The van der Waals surface area contributed by atoms with Crippen molar-refractivity contribution in [2.75, 3.05) is 13.7 Å². The summed E-state index contributed by atoms with van der Waals surface area (Å²) in [5.74, 6) is -1.55. The van der Waals surface area contributed by atoms with Gasteiger partial charge in [0.05, 0.1) is 36.8 Å². The predicted molar refractivity (Wildman–Crippen MR) is 125 cm³/mol. The summed E-state index contributed by atoms with van der Waals surface area (Å²) in [5.41, 5.74) is -1.11. The molecule has 3 aromatic rings. The largest absolute Gasteiger partial charge is 0.481 e. The van der Waals surface area contributed by atoms with Gasteiger partial charge in [-0.25, -0.2) is 9.37 Å². The third-order valence-electron chi connectivity index (χ3n) is 7.09. The number of H-pyrrole nitrogens is 1. The van der Waals surface area contributed by atoms with Crippen LogP contribution in [0.3, 0.4) is 0 Å². The van der Waals surface area contributed by atoms with Crippen molar-refractivity contribution < 1.29 is 31.9 Å². The van der Waals surface area contributed by atoms with E-state index >= 15 is 0 Å². The molecule has 5 rings (SSSR count). The number of carbonyl (C=O) groups excluding carboxylic acids is 2. The molecule has 1 saturated heterocycles. The fraction of sp³-hybridized carbons (Fsp3) is 0.400. The fourth-order valence-electron chi connectivity index (χ4n) is 4.95. The highest BCUT2D eigenvalue weighted by Crippen LogP contribution is 2.50. The standard InChI is InChI=1S/C25H24F4N6O3/c1-38-21-9-15(17(26)12-31-21)18-10-19(34-33-18)23(37)35-8-4-14(11-24(35)5-6-24)22(36)32-13-20-16(25(27,28)29)3-2-7-30-20/h2-3,7,9-10,12,14H,4-6,8,11,13H2,1H3,(H,32,36)(H,33,34)/t14-/m0/s1. The van der Waals surface area contributed by atoms with Gasteiger partial charge in [-0.05, 0) is 43.9 Å². The second-order valence-corrected chi connectivity index (χ2v) is 9.46. The number of aromatic nitrogens is 4. The van der Waals surface area contributed by atoms with Gasteiger partial charge in [0.1, 0.15) is 5.69 Å². The monoisotopic (exact) mass is 532 g/mol. The molecule has 4 heterocycles. The van der Waals surface area contributed by atoms with Gasteiger partial charge in [-0.15, -0.1) is 0 Å². The van der Waals surface area contributed by atoms with Crippen LogP contribution in [-0.4, -0.2) is 56.1 Å². The van der Waals surface area contributed by atoms with Crippen LogP contribution >= 0.6 is 0 Å². The van der Waals surface area contributed by atoms with Gasteiger partial charge in [0.25, 0.3) is 5.91 Å². The lowest BCUT2D eigenvalue weighted by molar-refractivity contribution is -0.139. The molecule has 1 spiro atoms. The number of methoxy groups -OCH3 is 1. The van der Waals surface area contributed by atoms with Crippen molar-refractivity contribution in [2.45, 2.75) is 43.9 Å². The first kappa shape index (κ1) is 25.6. The van der Waals surface area contributed by atoms with Crippen LogP contribution in [0.4, 0.5) is 17.6 Å². The highest BCUT2D eigenvalue weighted by atomic mass is 19.4. The van der Waals surface area contributed by atoms with E-state index in [9.17, 15) is 27.2 Å². The summed E-state index contributed by atoms with van der Waals surface area (Å²) in [4.78, 5) is 35.5. The summed E-state index contributed by atoms with van der Waals surface area (Å²) < 4.78 is 59.0. The van der Waals surface area contributed by atoms with Crippen molar-refractivity contribution >= 4 is 11.8 Å². The summed E-state index contributed by atoms with van der Waals surface area (Å²) in [6.07, 6.45) is -0.144. The molecule has 38 heavy (non-hydrogen) atoms. The first-order chi connectivity index (χ1) is 18.1. The second-order valence-electron chi connectivity index (χ2n) is 9.46. The van der Waals surface area contributed by atoms with Gasteiger partial charge < -0.3 is 15.0 Å². The van der Waals surface area contributed by atoms with E-state index in [0.29, 0.717) is 32.2 Å². The Morgan fingerprint density at radius 1 is 1.26 bits per heavy atom. The van der Waals surface area contributed by atoms with Gasteiger partial charge in [0, 0.05) is 35.8 Å². The first-order valence-electron chi connectivity index (χ1n) is 12.0. The van der Waals surface area contributed by atoms with Crippen LogP contribution in [0, 0.1) is 11.7 Å². The number of aromatic amines is 1. The fourth-order valence-corrected chi connectivity index (χ4v) is 4.95. The Morgan fingerprint density at radius 2 is 2.05 bits per heavy atom. The highest BCUT2D eigenvalue weighted by Gasteiger charge is 2.54. The number of ether oxygens (including phenoxy) is 1. The van der Waals surface area contributed by atoms with Crippen LogP contribution in [0.5, 0.6) is 5.88 Å². The van der Waals surface area contributed by atoms with Gasteiger partial charge in [0.15, 0.2) is 5.82 Å². The molecule has 2 fully saturated rings. The van der Waals surface area contributed by atoms with Crippen LogP contribution in [0.15, 0.2) is 36.7 Å². The van der Waals surface area contributed by atoms with Gasteiger partial charge in [-0.3, -0.25) is 19.7 Å². The zero-order valence-corrected chi connectivity index (χ0v) is 20.3. The summed E-state index contributed by atoms with van der Waals surface area (Å²) in [6.45, 7) is -0.0476. The molecule has 1 aliphatic carbocycles. The van der Waals surface area contributed by atoms with Crippen LogP contribution in [0.25, 0.3) is 11.3 Å². The molecule has 13 heteroatoms. The molecule has 0 aromatic carbocycles. The number of piperidine rings is 1. The average Bonchev–Trinajstić information content (AvgIpc) is 3.48. The Hall–Kier alpha value is -4.03. The van der Waals surface area contributed by atoms with Crippen LogP contribution < -0.4 is 10.1 Å². The molecule has 2 N–H and O–H groups in total. The minimum atomic E-state index is -4.57. The second kappa shape index (κ2) is 9.69. The van der Waals surface area contributed by atoms with Crippen LogP contribution in [0.2, 0.25) is 0 Å². The molecule has 2 aliphatic rings. The van der Waals surface area contributed by atoms with Gasteiger partial charge in [0.2, 0.25) is 11.8 Å². The van der Waals surface area contributed by atoms with E-state index in [-0.39, 0.29) is 46.9 Å². The maximum Gasteiger partial charge on any atom is 0.418 e. The lowest BCUT2D eigenvalue weighted by Gasteiger charge is -2.39. The van der Waals surface area contributed by atoms with E-state index in [1.165, 1.54) is 31.5 Å². The number of carbonyl (C=O) groups is 2. The minimum Gasteiger partial charge on any atom is -0.481 e. The topological polar surface area (TPSA) is 113 Å². The molecule has 0 radical (unpaired) electrons. The lowest BCUT2D eigenvalue weighted by atomic mass is 9.88. The van der Waals surface area contributed by atoms with Crippen molar-refractivity contribution in [1.82, 2.24) is 30.4 Å². The zero-order chi connectivity index (χ0) is 27.1. The third kappa shape index (κ3) is 4.92. The van der Waals surface area contributed by atoms with Crippen molar-refractivity contribution in [1.29, 1.82) is 0 Å². The molecule has 3 aromatic heterocycles. The maximum absolute atomic E-state index is 14.3. The molecule has 0 unspecified atom stereocenters. The smallest absolute Gasteiger partial charge is 0.418 e. The Labute approximate surface area is 214 Å². The number of halogens is 4. The average molecular weight is 532 g/mol. The molecule has 1 atom stereocenters. The Balaban J connectivity index is 1.24. The molecule has 2 amide bonds. The number of hydrogen-bond donors (Lipinski definition) is 2. The van der Waals surface area contributed by atoms with E-state index in [4.69, 9.17) is 4.74 Å². The van der Waals surface area contributed by atoms with E-state index in [1.54, 1.807) is 4.90 Å². The van der Waals surface area contributed by atoms with Crippen LogP contribution in [0.1, 0.15) is 47.4 Å². The number of alkyl halides is 3. The number of rotatable bonds is 6. The summed E-state index contributed by atoms with van der Waals surface area (Å²) >= 11 is 0. The number of hydrogen-bond acceptors (Lipinski definition) is 6. The SMILES string of the molecule is COc1cc(-c2cc(C(=O)N3CC[C@H](C(=O)NCc4ncccc4C(F)(F)F)CC34CC4)[nH]n2)c(F)cn1. The van der Waals surface area contributed by atoms with Gasteiger partial charge in [-0.2, -0.15) is 18.3 Å². The van der Waals surface area contributed by atoms with Gasteiger partial charge in [-0.1, -0.05) is 0 Å². The quantitative estimate of drug-likeness (QED) is 0.468. The molecular weight excluding hydrogens is 508 g/mol. The number of pyridine rings is 2. The lowest BCUT2D eigenvalue weighted by Crippen LogP contribution is -2.50. The van der Waals surface area contributed by atoms with Crippen LogP contribution in [-0.2, 0) is 17.5 Å². The summed E-state index contributed by atoms with van der Waals surface area (Å²) in [7, 11) is 1.40. The van der Waals surface area contributed by atoms with E-state index < -0.39 is 29.0 Å². The molecule has 200 valence electrons. The molecule has 9 nitrogen and oxygen atoms in total. The summed E-state index contributed by atoms with van der Waals surface area (Å²) in [5, 5.41) is 9.34. The third-order valence-corrected chi connectivity index (χ3v) is 7.09. The number of nitrogens with zero attached hydrogens (tertiary/aromatic N) is 4. The van der Waals surface area contributed by atoms with Crippen molar-refractivity contribution in [2.24, 2.45) is 5.92 Å². The molecule has 0 bridgehead atoms. The van der Waals surface area contributed by atoms with E-state index in [2.05, 4.69) is 25.5 Å². The molecule has 1 aliphatic heterocycles. The molecule has 1 saturated carbocycles.